The molecule has 1 saturated carbocycles. The van der Waals surface area contributed by atoms with Gasteiger partial charge in [0, 0.05) is 10.9 Å². The number of carbonyl (C=O) groups is 1. The van der Waals surface area contributed by atoms with Crippen molar-refractivity contribution in [2.24, 2.45) is 11.8 Å². The van der Waals surface area contributed by atoms with Gasteiger partial charge in [0.05, 0.1) is 5.69 Å². The van der Waals surface area contributed by atoms with Crippen molar-refractivity contribution in [2.75, 3.05) is 5.01 Å². The van der Waals surface area contributed by atoms with Gasteiger partial charge < -0.3 is 0 Å². The fourth-order valence-electron chi connectivity index (χ4n) is 1.26. The van der Waals surface area contributed by atoms with Gasteiger partial charge in [-0.1, -0.05) is 11.6 Å². The molecule has 0 aromatic heterocycles. The molecule has 0 aliphatic heterocycles. The molecular weight excluding hydrogens is 200 g/mol. The number of hydrogen-bond acceptors (Lipinski definition) is 2. The largest absolute Gasteiger partial charge is 0.273 e. The second-order valence-corrected chi connectivity index (χ2v) is 3.90. The Kier molecular flexibility index (Phi) is 2.44. The Morgan fingerprint density at radius 2 is 1.93 bits per heavy atom. The van der Waals surface area contributed by atoms with Crippen molar-refractivity contribution in [1.29, 1.82) is 0 Å². The summed E-state index contributed by atoms with van der Waals surface area (Å²) in [6.07, 6.45) is 1.92. The maximum Gasteiger partial charge on any atom is 0.244 e. The molecule has 3 nitrogen and oxygen atoms in total. The van der Waals surface area contributed by atoms with Crippen LogP contribution < -0.4 is 10.9 Å². The highest BCUT2D eigenvalue weighted by molar-refractivity contribution is 6.30. The van der Waals surface area contributed by atoms with Crippen LogP contribution in [0.1, 0.15) is 12.8 Å². The van der Waals surface area contributed by atoms with Gasteiger partial charge in [0.2, 0.25) is 5.91 Å². The number of nitrogens with two attached hydrogens (primary N) is 1. The van der Waals surface area contributed by atoms with Crippen LogP contribution in [0, 0.1) is 5.92 Å². The van der Waals surface area contributed by atoms with E-state index in [-0.39, 0.29) is 11.8 Å². The number of nitrogens with zero attached hydrogens (tertiary/aromatic N) is 1. The van der Waals surface area contributed by atoms with Crippen LogP contribution in [-0.2, 0) is 4.79 Å². The van der Waals surface area contributed by atoms with E-state index < -0.39 is 0 Å². The topological polar surface area (TPSA) is 46.3 Å². The van der Waals surface area contributed by atoms with E-state index in [4.69, 9.17) is 17.4 Å². The van der Waals surface area contributed by atoms with E-state index in [1.165, 1.54) is 5.01 Å². The van der Waals surface area contributed by atoms with Crippen LogP contribution >= 0.6 is 11.6 Å². The SMILES string of the molecule is NN(C(=O)C1CC1)c1ccc(Cl)cc1. The number of hydrogen-bond donors (Lipinski definition) is 1. The highest BCUT2D eigenvalue weighted by Gasteiger charge is 2.32. The Labute approximate surface area is 87.4 Å². The molecule has 2 N–H and O–H groups in total. The van der Waals surface area contributed by atoms with E-state index in [1.54, 1.807) is 24.3 Å². The number of benzene rings is 1. The standard InChI is InChI=1S/C10H11ClN2O/c11-8-3-5-9(6-4-8)13(12)10(14)7-1-2-7/h3-7H,1-2,12H2. The fraction of sp³-hybridized carbons (Fsp3) is 0.300. The zero-order chi connectivity index (χ0) is 10.1. The molecule has 0 saturated heterocycles. The molecule has 4 heteroatoms. The van der Waals surface area contributed by atoms with Gasteiger partial charge >= 0.3 is 0 Å². The lowest BCUT2D eigenvalue weighted by atomic mass is 10.3. The van der Waals surface area contributed by atoms with Gasteiger partial charge in [-0.05, 0) is 37.1 Å². The number of carbonyl (C=O) groups excluding carboxylic acids is 1. The van der Waals surface area contributed by atoms with Crippen molar-refractivity contribution in [3.05, 3.63) is 29.3 Å². The van der Waals surface area contributed by atoms with Gasteiger partial charge in [0.15, 0.2) is 0 Å². The first-order chi connectivity index (χ1) is 6.68. The van der Waals surface area contributed by atoms with Crippen molar-refractivity contribution in [3.63, 3.8) is 0 Å². The minimum atomic E-state index is -0.00711. The van der Waals surface area contributed by atoms with E-state index in [0.717, 1.165) is 12.8 Å². The number of halogens is 1. The average molecular weight is 211 g/mol. The Balaban J connectivity index is 2.13. The molecular formula is C10H11ClN2O. The van der Waals surface area contributed by atoms with Crippen LogP contribution in [0.2, 0.25) is 5.02 Å². The molecule has 0 atom stereocenters. The number of anilines is 1. The van der Waals surface area contributed by atoms with E-state index in [1.807, 2.05) is 0 Å². The van der Waals surface area contributed by atoms with Crippen LogP contribution in [0.15, 0.2) is 24.3 Å². The summed E-state index contributed by atoms with van der Waals surface area (Å²) in [6, 6.07) is 6.92. The Bertz CT molecular complexity index is 346. The van der Waals surface area contributed by atoms with Crippen LogP contribution in [0.5, 0.6) is 0 Å². The molecule has 0 spiro atoms. The molecule has 1 amide bonds. The van der Waals surface area contributed by atoms with Gasteiger partial charge in [0.1, 0.15) is 0 Å². The van der Waals surface area contributed by atoms with Crippen LogP contribution in [0.4, 0.5) is 5.69 Å². The van der Waals surface area contributed by atoms with E-state index in [2.05, 4.69) is 0 Å². The Hall–Kier alpha value is -1.06. The molecule has 1 aliphatic carbocycles. The zero-order valence-corrected chi connectivity index (χ0v) is 8.37. The van der Waals surface area contributed by atoms with Gasteiger partial charge in [-0.2, -0.15) is 0 Å². The zero-order valence-electron chi connectivity index (χ0n) is 7.61. The summed E-state index contributed by atoms with van der Waals surface area (Å²) >= 11 is 5.73. The van der Waals surface area contributed by atoms with Crippen LogP contribution in [0.25, 0.3) is 0 Å². The number of hydrazine groups is 1. The third-order valence-electron chi connectivity index (χ3n) is 2.27. The van der Waals surface area contributed by atoms with E-state index >= 15 is 0 Å². The maximum atomic E-state index is 11.6. The average Bonchev–Trinajstić information content (AvgIpc) is 3.00. The first kappa shape index (κ1) is 9.49. The lowest BCUT2D eigenvalue weighted by Gasteiger charge is -2.16. The van der Waals surface area contributed by atoms with Crippen molar-refractivity contribution < 1.29 is 4.79 Å². The number of amides is 1. The summed E-state index contributed by atoms with van der Waals surface area (Å²) in [6.45, 7) is 0. The lowest BCUT2D eigenvalue weighted by Crippen LogP contribution is -2.38. The molecule has 74 valence electrons. The molecule has 0 unspecified atom stereocenters. The predicted molar refractivity (Wildman–Crippen MR) is 55.8 cm³/mol. The monoisotopic (exact) mass is 210 g/mol. The molecule has 1 fully saturated rings. The molecule has 0 bridgehead atoms. The Morgan fingerprint density at radius 3 is 2.43 bits per heavy atom. The van der Waals surface area contributed by atoms with Crippen LogP contribution in [0.3, 0.4) is 0 Å². The van der Waals surface area contributed by atoms with E-state index in [0.29, 0.717) is 10.7 Å². The Morgan fingerprint density at radius 1 is 1.36 bits per heavy atom. The summed E-state index contributed by atoms with van der Waals surface area (Å²) in [5, 5.41) is 1.84. The first-order valence-electron chi connectivity index (χ1n) is 4.53. The highest BCUT2D eigenvalue weighted by atomic mass is 35.5. The molecule has 2 rings (SSSR count). The van der Waals surface area contributed by atoms with Gasteiger partial charge in [0.25, 0.3) is 0 Å². The molecule has 14 heavy (non-hydrogen) atoms. The van der Waals surface area contributed by atoms with Gasteiger partial charge in [-0.15, -0.1) is 0 Å². The highest BCUT2D eigenvalue weighted by Crippen LogP contribution is 2.31. The van der Waals surface area contributed by atoms with Crippen LogP contribution in [-0.4, -0.2) is 5.91 Å². The minimum Gasteiger partial charge on any atom is -0.273 e. The minimum absolute atomic E-state index is 0.00711. The normalized spacial score (nSPS) is 15.3. The quantitative estimate of drug-likeness (QED) is 0.461. The van der Waals surface area contributed by atoms with Crippen molar-refractivity contribution in [1.82, 2.24) is 0 Å². The third kappa shape index (κ3) is 1.89. The number of rotatable bonds is 2. The fourth-order valence-corrected chi connectivity index (χ4v) is 1.38. The summed E-state index contributed by atoms with van der Waals surface area (Å²) in [5.74, 6) is 5.80. The van der Waals surface area contributed by atoms with Gasteiger partial charge in [-0.25, -0.2) is 10.9 Å². The van der Waals surface area contributed by atoms with E-state index in [9.17, 15) is 4.79 Å². The second-order valence-electron chi connectivity index (χ2n) is 3.46. The third-order valence-corrected chi connectivity index (χ3v) is 2.52. The summed E-state index contributed by atoms with van der Waals surface area (Å²) < 4.78 is 0. The summed E-state index contributed by atoms with van der Waals surface area (Å²) in [5.41, 5.74) is 0.686. The molecule has 1 aromatic carbocycles. The molecule has 1 aliphatic rings. The molecule has 0 radical (unpaired) electrons. The van der Waals surface area contributed by atoms with Crippen molar-refractivity contribution in [2.45, 2.75) is 12.8 Å². The summed E-state index contributed by atoms with van der Waals surface area (Å²) in [7, 11) is 0. The summed E-state index contributed by atoms with van der Waals surface area (Å²) in [4.78, 5) is 11.6. The predicted octanol–water partition coefficient (Wildman–Crippen LogP) is 1.96. The smallest absolute Gasteiger partial charge is 0.244 e. The first-order valence-corrected chi connectivity index (χ1v) is 4.90. The second kappa shape index (κ2) is 3.59. The van der Waals surface area contributed by atoms with Crippen molar-refractivity contribution in [3.8, 4) is 0 Å². The molecule has 1 aromatic rings. The maximum absolute atomic E-state index is 11.6. The van der Waals surface area contributed by atoms with Gasteiger partial charge in [-0.3, -0.25) is 4.79 Å². The molecule has 0 heterocycles. The lowest BCUT2D eigenvalue weighted by molar-refractivity contribution is -0.119. The van der Waals surface area contributed by atoms with Crippen molar-refractivity contribution >= 4 is 23.2 Å².